The highest BCUT2D eigenvalue weighted by atomic mass is 32.2. The Morgan fingerprint density at radius 1 is 1.00 bits per heavy atom. The van der Waals surface area contributed by atoms with E-state index in [4.69, 9.17) is 9.47 Å². The fourth-order valence-electron chi connectivity index (χ4n) is 4.36. The summed E-state index contributed by atoms with van der Waals surface area (Å²) >= 11 is 1.84. The standard InChI is InChI=1S/C25H28N2O4S/c1-30-20-9-10-21(22(18-20)31-2)24(29)26-14-12-25(13-15-26)27(16-17-32-25)23(28)11-8-19-6-4-3-5-7-19/h3-11,18H,12-17H2,1-2H3. The van der Waals surface area contributed by atoms with Crippen molar-refractivity contribution in [2.45, 2.75) is 17.7 Å². The van der Waals surface area contributed by atoms with Crippen LogP contribution in [0.25, 0.3) is 6.08 Å². The number of methoxy groups -OCH3 is 2. The van der Waals surface area contributed by atoms with Crippen molar-refractivity contribution < 1.29 is 19.1 Å². The van der Waals surface area contributed by atoms with Crippen LogP contribution in [0.4, 0.5) is 0 Å². The first kappa shape index (κ1) is 22.3. The minimum atomic E-state index is -0.237. The number of carbonyl (C=O) groups is 2. The van der Waals surface area contributed by atoms with Crippen molar-refractivity contribution in [3.63, 3.8) is 0 Å². The van der Waals surface area contributed by atoms with Crippen LogP contribution in [-0.4, -0.2) is 66.1 Å². The van der Waals surface area contributed by atoms with Crippen molar-refractivity contribution >= 4 is 29.7 Å². The summed E-state index contributed by atoms with van der Waals surface area (Å²) in [4.78, 5) is 29.8. The van der Waals surface area contributed by atoms with Crippen LogP contribution in [-0.2, 0) is 4.79 Å². The summed E-state index contributed by atoms with van der Waals surface area (Å²) in [5.74, 6) is 2.06. The van der Waals surface area contributed by atoms with Crippen molar-refractivity contribution in [2.75, 3.05) is 39.6 Å². The van der Waals surface area contributed by atoms with E-state index in [2.05, 4.69) is 0 Å². The Morgan fingerprint density at radius 2 is 1.75 bits per heavy atom. The molecule has 2 heterocycles. The Balaban J connectivity index is 1.43. The second kappa shape index (κ2) is 9.69. The van der Waals surface area contributed by atoms with E-state index in [0.717, 1.165) is 30.7 Å². The Kier molecular flexibility index (Phi) is 6.74. The van der Waals surface area contributed by atoms with Gasteiger partial charge in [-0.2, -0.15) is 0 Å². The maximum Gasteiger partial charge on any atom is 0.257 e. The molecule has 2 aliphatic heterocycles. The summed E-state index contributed by atoms with van der Waals surface area (Å²) in [7, 11) is 3.14. The molecule has 2 amide bonds. The van der Waals surface area contributed by atoms with Gasteiger partial charge in [-0.1, -0.05) is 30.3 Å². The van der Waals surface area contributed by atoms with Crippen LogP contribution in [0.2, 0.25) is 0 Å². The number of hydrogen-bond acceptors (Lipinski definition) is 5. The zero-order chi connectivity index (χ0) is 22.6. The average Bonchev–Trinajstić information content (AvgIpc) is 3.25. The third kappa shape index (κ3) is 4.48. The second-order valence-corrected chi connectivity index (χ2v) is 9.34. The molecule has 0 N–H and O–H groups in total. The van der Waals surface area contributed by atoms with E-state index in [1.54, 1.807) is 38.5 Å². The van der Waals surface area contributed by atoms with Gasteiger partial charge in [0.25, 0.3) is 5.91 Å². The van der Waals surface area contributed by atoms with E-state index in [1.807, 2.05) is 58.0 Å². The normalized spacial score (nSPS) is 17.7. The van der Waals surface area contributed by atoms with Gasteiger partial charge in [-0.15, -0.1) is 11.8 Å². The number of piperidine rings is 1. The van der Waals surface area contributed by atoms with Crippen LogP contribution in [0.15, 0.2) is 54.6 Å². The molecule has 6 nitrogen and oxygen atoms in total. The molecule has 0 bridgehead atoms. The lowest BCUT2D eigenvalue weighted by Crippen LogP contribution is -2.53. The summed E-state index contributed by atoms with van der Waals surface area (Å²) < 4.78 is 10.6. The minimum absolute atomic E-state index is 0.0375. The molecule has 0 unspecified atom stereocenters. The van der Waals surface area contributed by atoms with E-state index in [-0.39, 0.29) is 16.7 Å². The lowest BCUT2D eigenvalue weighted by molar-refractivity contribution is -0.129. The number of thioether (sulfide) groups is 1. The molecule has 2 saturated heterocycles. The molecule has 4 rings (SSSR count). The third-order valence-electron chi connectivity index (χ3n) is 6.13. The van der Waals surface area contributed by atoms with Crippen molar-refractivity contribution in [3.8, 4) is 11.5 Å². The zero-order valence-corrected chi connectivity index (χ0v) is 19.3. The fourth-order valence-corrected chi connectivity index (χ4v) is 5.82. The zero-order valence-electron chi connectivity index (χ0n) is 18.5. The van der Waals surface area contributed by atoms with Crippen LogP contribution >= 0.6 is 11.8 Å². The summed E-state index contributed by atoms with van der Waals surface area (Å²) in [5, 5.41) is 0. The highest BCUT2D eigenvalue weighted by molar-refractivity contribution is 8.00. The van der Waals surface area contributed by atoms with E-state index in [9.17, 15) is 9.59 Å². The first-order valence-corrected chi connectivity index (χ1v) is 11.7. The van der Waals surface area contributed by atoms with Gasteiger partial charge in [0.15, 0.2) is 0 Å². The molecule has 1 spiro atoms. The molecule has 0 radical (unpaired) electrons. The smallest absolute Gasteiger partial charge is 0.257 e. The molecule has 168 valence electrons. The highest BCUT2D eigenvalue weighted by Gasteiger charge is 2.46. The maximum absolute atomic E-state index is 13.2. The number of nitrogens with zero attached hydrogens (tertiary/aromatic N) is 2. The Bertz CT molecular complexity index is 1000. The fraction of sp³-hybridized carbons (Fsp3) is 0.360. The first-order valence-electron chi connectivity index (χ1n) is 10.8. The van der Waals surface area contributed by atoms with Gasteiger partial charge in [-0.25, -0.2) is 0 Å². The van der Waals surface area contributed by atoms with Gasteiger partial charge in [0.1, 0.15) is 11.5 Å². The predicted molar refractivity (Wildman–Crippen MR) is 127 cm³/mol. The molecule has 2 aromatic carbocycles. The molecule has 2 aromatic rings. The third-order valence-corrected chi connectivity index (χ3v) is 7.69. The summed E-state index contributed by atoms with van der Waals surface area (Å²) in [6.45, 7) is 1.95. The molecule has 32 heavy (non-hydrogen) atoms. The lowest BCUT2D eigenvalue weighted by Gasteiger charge is -2.43. The molecule has 0 aromatic heterocycles. The molecule has 2 fully saturated rings. The second-order valence-electron chi connectivity index (χ2n) is 7.89. The largest absolute Gasteiger partial charge is 0.497 e. The van der Waals surface area contributed by atoms with Crippen molar-refractivity contribution in [2.24, 2.45) is 0 Å². The number of carbonyl (C=O) groups excluding carboxylic acids is 2. The lowest BCUT2D eigenvalue weighted by atomic mass is 10.0. The molecule has 0 saturated carbocycles. The van der Waals surface area contributed by atoms with Gasteiger partial charge in [0.05, 0.1) is 24.7 Å². The number of rotatable bonds is 5. The average molecular weight is 453 g/mol. The van der Waals surface area contributed by atoms with Gasteiger partial charge in [0.2, 0.25) is 5.91 Å². The minimum Gasteiger partial charge on any atom is -0.497 e. The van der Waals surface area contributed by atoms with Gasteiger partial charge < -0.3 is 19.3 Å². The molecular formula is C25H28N2O4S. The summed E-state index contributed by atoms with van der Waals surface area (Å²) in [6.07, 6.45) is 5.05. The maximum atomic E-state index is 13.2. The summed E-state index contributed by atoms with van der Waals surface area (Å²) in [6, 6.07) is 15.1. The van der Waals surface area contributed by atoms with Crippen molar-refractivity contribution in [3.05, 3.63) is 65.7 Å². The number of hydrogen-bond donors (Lipinski definition) is 0. The quantitative estimate of drug-likeness (QED) is 0.644. The van der Waals surface area contributed by atoms with Gasteiger partial charge in [-0.05, 0) is 36.6 Å². The molecular weight excluding hydrogens is 424 g/mol. The van der Waals surface area contributed by atoms with Gasteiger partial charge in [0, 0.05) is 37.5 Å². The van der Waals surface area contributed by atoms with Gasteiger partial charge >= 0.3 is 0 Å². The van der Waals surface area contributed by atoms with E-state index in [0.29, 0.717) is 30.2 Å². The number of amides is 2. The first-order chi connectivity index (χ1) is 15.6. The Morgan fingerprint density at radius 3 is 2.44 bits per heavy atom. The highest BCUT2D eigenvalue weighted by Crippen LogP contribution is 2.44. The molecule has 2 aliphatic rings. The van der Waals surface area contributed by atoms with Crippen molar-refractivity contribution in [1.29, 1.82) is 0 Å². The van der Waals surface area contributed by atoms with Crippen LogP contribution < -0.4 is 9.47 Å². The van der Waals surface area contributed by atoms with Crippen molar-refractivity contribution in [1.82, 2.24) is 9.80 Å². The van der Waals surface area contributed by atoms with Crippen LogP contribution in [0, 0.1) is 0 Å². The van der Waals surface area contributed by atoms with Crippen LogP contribution in [0.3, 0.4) is 0 Å². The Hall–Kier alpha value is -2.93. The number of benzene rings is 2. The van der Waals surface area contributed by atoms with Gasteiger partial charge in [-0.3, -0.25) is 9.59 Å². The number of ether oxygens (including phenoxy) is 2. The molecule has 0 atom stereocenters. The van der Waals surface area contributed by atoms with Crippen LogP contribution in [0.5, 0.6) is 11.5 Å². The molecule has 7 heteroatoms. The van der Waals surface area contributed by atoms with Crippen LogP contribution in [0.1, 0.15) is 28.8 Å². The monoisotopic (exact) mass is 452 g/mol. The SMILES string of the molecule is COc1ccc(C(=O)N2CCC3(CC2)SCCN3C(=O)C=Cc2ccccc2)c(OC)c1. The molecule has 0 aliphatic carbocycles. The van der Waals surface area contributed by atoms with E-state index < -0.39 is 0 Å². The Labute approximate surface area is 193 Å². The van der Waals surface area contributed by atoms with E-state index >= 15 is 0 Å². The number of likely N-dealkylation sites (tertiary alicyclic amines) is 1. The topological polar surface area (TPSA) is 59.1 Å². The van der Waals surface area contributed by atoms with E-state index in [1.165, 1.54) is 0 Å². The predicted octanol–water partition coefficient (Wildman–Crippen LogP) is 3.92. The summed E-state index contributed by atoms with van der Waals surface area (Å²) in [5.41, 5.74) is 1.54.